The van der Waals surface area contributed by atoms with Gasteiger partial charge in [0.2, 0.25) is 0 Å². The van der Waals surface area contributed by atoms with Crippen molar-refractivity contribution in [2.45, 2.75) is 13.8 Å². The van der Waals surface area contributed by atoms with Crippen LogP contribution in [0.15, 0.2) is 35.5 Å². The lowest BCUT2D eigenvalue weighted by Gasteiger charge is -2.02. The van der Waals surface area contributed by atoms with Gasteiger partial charge in [0.15, 0.2) is 5.71 Å². The Labute approximate surface area is 88.5 Å². The molecule has 0 spiro atoms. The Morgan fingerprint density at radius 3 is 2.60 bits per heavy atom. The lowest BCUT2D eigenvalue weighted by Crippen LogP contribution is -2.17. The average molecular weight is 207 g/mol. The Morgan fingerprint density at radius 2 is 2.00 bits per heavy atom. The van der Waals surface area contributed by atoms with E-state index < -0.39 is 5.97 Å². The maximum absolute atomic E-state index is 11.4. The molecule has 1 aromatic carbocycles. The van der Waals surface area contributed by atoms with Gasteiger partial charge in [0.25, 0.3) is 0 Å². The normalized spacial score (nSPS) is 10.9. The summed E-state index contributed by atoms with van der Waals surface area (Å²) < 4.78 is 5.02. The molecule has 0 N–H and O–H groups in total. The monoisotopic (exact) mass is 207 g/mol. The van der Waals surface area contributed by atoms with Crippen molar-refractivity contribution >= 4 is 11.7 Å². The summed E-state index contributed by atoms with van der Waals surface area (Å²) in [6, 6.07) is 8.82. The van der Waals surface area contributed by atoms with Gasteiger partial charge in [-0.15, -0.1) is 0 Å². The molecule has 0 fully saturated rings. The van der Waals surface area contributed by atoms with Crippen LogP contribution in [0.2, 0.25) is 0 Å². The lowest BCUT2D eigenvalue weighted by atomic mass is 10.3. The first kappa shape index (κ1) is 11.2. The maximum atomic E-state index is 11.4. The van der Waals surface area contributed by atoms with E-state index >= 15 is 0 Å². The predicted molar refractivity (Wildman–Crippen MR) is 56.8 cm³/mol. The van der Waals surface area contributed by atoms with E-state index in [9.17, 15) is 4.79 Å². The van der Waals surface area contributed by atoms with Crippen LogP contribution in [0.5, 0.6) is 5.75 Å². The van der Waals surface area contributed by atoms with Crippen LogP contribution < -0.4 is 4.74 Å². The number of esters is 1. The third-order valence-corrected chi connectivity index (χ3v) is 1.58. The van der Waals surface area contributed by atoms with Crippen LogP contribution in [-0.2, 0) is 9.63 Å². The van der Waals surface area contributed by atoms with Crippen molar-refractivity contribution < 1.29 is 14.4 Å². The van der Waals surface area contributed by atoms with E-state index in [0.717, 1.165) is 0 Å². The van der Waals surface area contributed by atoms with Gasteiger partial charge in [0.1, 0.15) is 12.4 Å². The molecule has 0 unspecified atom stereocenters. The van der Waals surface area contributed by atoms with Gasteiger partial charge in [-0.05, 0) is 26.0 Å². The third-order valence-electron chi connectivity index (χ3n) is 1.58. The van der Waals surface area contributed by atoms with Crippen LogP contribution in [0.4, 0.5) is 0 Å². The summed E-state index contributed by atoms with van der Waals surface area (Å²) in [7, 11) is 0. The Morgan fingerprint density at radius 1 is 1.33 bits per heavy atom. The lowest BCUT2D eigenvalue weighted by molar-refractivity contribution is -0.127. The van der Waals surface area contributed by atoms with Crippen LogP contribution in [0.25, 0.3) is 0 Å². The van der Waals surface area contributed by atoms with E-state index in [4.69, 9.17) is 9.57 Å². The van der Waals surface area contributed by atoms with Gasteiger partial charge >= 0.3 is 5.97 Å². The zero-order valence-corrected chi connectivity index (χ0v) is 8.77. The quantitative estimate of drug-likeness (QED) is 0.328. The van der Waals surface area contributed by atoms with Gasteiger partial charge in [-0.2, -0.15) is 0 Å². The smallest absolute Gasteiger partial charge is 0.361 e. The van der Waals surface area contributed by atoms with Crippen molar-refractivity contribution in [2.75, 3.05) is 6.61 Å². The van der Waals surface area contributed by atoms with Crippen LogP contribution in [0.1, 0.15) is 13.8 Å². The van der Waals surface area contributed by atoms with Crippen LogP contribution in [0.3, 0.4) is 0 Å². The Bertz CT molecular complexity index is 346. The molecule has 0 aliphatic rings. The first-order valence-corrected chi connectivity index (χ1v) is 4.68. The zero-order valence-electron chi connectivity index (χ0n) is 8.77. The average Bonchev–Trinajstić information content (AvgIpc) is 2.27. The highest BCUT2D eigenvalue weighted by atomic mass is 16.6. The van der Waals surface area contributed by atoms with Gasteiger partial charge in [-0.25, -0.2) is 4.79 Å². The standard InChI is InChI=1S/C11H13NO3/c1-3-14-12-9(2)11(13)15-10-7-5-4-6-8-10/h4-8H,3H2,1-2H3. The number of carbonyl (C=O) groups excluding carboxylic acids is 1. The number of hydrogen-bond donors (Lipinski definition) is 0. The second-order valence-electron chi connectivity index (χ2n) is 2.80. The van der Waals surface area contributed by atoms with Crippen molar-refractivity contribution in [3.05, 3.63) is 30.3 Å². The minimum atomic E-state index is -0.505. The van der Waals surface area contributed by atoms with E-state index in [1.165, 1.54) is 0 Å². The summed E-state index contributed by atoms with van der Waals surface area (Å²) >= 11 is 0. The molecule has 1 aromatic rings. The molecule has 0 saturated heterocycles. The summed E-state index contributed by atoms with van der Waals surface area (Å²) in [5.41, 5.74) is 0.195. The van der Waals surface area contributed by atoms with E-state index in [0.29, 0.717) is 12.4 Å². The number of nitrogens with zero attached hydrogens (tertiary/aromatic N) is 1. The van der Waals surface area contributed by atoms with Crippen LogP contribution >= 0.6 is 0 Å². The molecule has 15 heavy (non-hydrogen) atoms. The SMILES string of the molecule is CCON=C(C)C(=O)Oc1ccccc1. The zero-order chi connectivity index (χ0) is 11.1. The topological polar surface area (TPSA) is 47.9 Å². The third kappa shape index (κ3) is 3.81. The summed E-state index contributed by atoms with van der Waals surface area (Å²) in [5, 5.41) is 3.58. The highest BCUT2D eigenvalue weighted by molar-refractivity contribution is 6.35. The van der Waals surface area contributed by atoms with Crippen LogP contribution in [0, 0.1) is 0 Å². The minimum Gasteiger partial charge on any atom is -0.422 e. The molecule has 1 rings (SSSR count). The minimum absolute atomic E-state index is 0.195. The molecule has 4 heteroatoms. The summed E-state index contributed by atoms with van der Waals surface area (Å²) in [6.45, 7) is 3.76. The van der Waals surface area contributed by atoms with Gasteiger partial charge in [-0.1, -0.05) is 23.4 Å². The summed E-state index contributed by atoms with van der Waals surface area (Å²) in [4.78, 5) is 16.1. The molecular formula is C11H13NO3. The highest BCUT2D eigenvalue weighted by Gasteiger charge is 2.08. The number of ether oxygens (including phenoxy) is 1. The molecule has 0 heterocycles. The fourth-order valence-electron chi connectivity index (χ4n) is 0.868. The van der Waals surface area contributed by atoms with Crippen molar-refractivity contribution in [3.63, 3.8) is 0 Å². The fraction of sp³-hybridized carbons (Fsp3) is 0.273. The van der Waals surface area contributed by atoms with Crippen molar-refractivity contribution in [2.24, 2.45) is 5.16 Å². The van der Waals surface area contributed by atoms with E-state index in [2.05, 4.69) is 5.16 Å². The fourth-order valence-corrected chi connectivity index (χ4v) is 0.868. The first-order valence-electron chi connectivity index (χ1n) is 4.68. The first-order chi connectivity index (χ1) is 7.24. The molecular weight excluding hydrogens is 194 g/mol. The van der Waals surface area contributed by atoms with Gasteiger partial charge in [0.05, 0.1) is 0 Å². The molecule has 0 atom stereocenters. The Balaban J connectivity index is 2.56. The molecule has 0 aliphatic carbocycles. The molecule has 0 amide bonds. The van der Waals surface area contributed by atoms with Crippen molar-refractivity contribution in [3.8, 4) is 5.75 Å². The summed E-state index contributed by atoms with van der Waals surface area (Å²) in [6.07, 6.45) is 0. The maximum Gasteiger partial charge on any atom is 0.361 e. The van der Waals surface area contributed by atoms with Crippen molar-refractivity contribution in [1.82, 2.24) is 0 Å². The van der Waals surface area contributed by atoms with Crippen molar-refractivity contribution in [1.29, 1.82) is 0 Å². The number of hydrogen-bond acceptors (Lipinski definition) is 4. The second kappa shape index (κ2) is 5.80. The van der Waals surface area contributed by atoms with E-state index in [-0.39, 0.29) is 5.71 Å². The van der Waals surface area contributed by atoms with E-state index in [1.54, 1.807) is 38.1 Å². The molecule has 0 aliphatic heterocycles. The number of oxime groups is 1. The number of benzene rings is 1. The van der Waals surface area contributed by atoms with Crippen LogP contribution in [-0.4, -0.2) is 18.3 Å². The largest absolute Gasteiger partial charge is 0.422 e. The van der Waals surface area contributed by atoms with E-state index in [1.807, 2.05) is 6.07 Å². The molecule has 0 bridgehead atoms. The molecule has 0 saturated carbocycles. The van der Waals surface area contributed by atoms with Gasteiger partial charge in [0, 0.05) is 0 Å². The molecule has 0 aromatic heterocycles. The molecule has 80 valence electrons. The highest BCUT2D eigenvalue weighted by Crippen LogP contribution is 2.08. The number of para-hydroxylation sites is 1. The molecule has 4 nitrogen and oxygen atoms in total. The molecule has 0 radical (unpaired) electrons. The van der Waals surface area contributed by atoms with Gasteiger partial charge < -0.3 is 9.57 Å². The number of carbonyl (C=O) groups is 1. The second-order valence-corrected chi connectivity index (χ2v) is 2.80. The Hall–Kier alpha value is -1.84. The number of rotatable bonds is 4. The Kier molecular flexibility index (Phi) is 4.34. The van der Waals surface area contributed by atoms with Gasteiger partial charge in [-0.3, -0.25) is 0 Å². The summed E-state index contributed by atoms with van der Waals surface area (Å²) in [5.74, 6) is -0.0109. The predicted octanol–water partition coefficient (Wildman–Crippen LogP) is 2.00.